The summed E-state index contributed by atoms with van der Waals surface area (Å²) in [4.78, 5) is 12.4. The number of fused-ring (bicyclic) bond motifs is 1. The highest BCUT2D eigenvalue weighted by Crippen LogP contribution is 2.49. The van der Waals surface area contributed by atoms with Gasteiger partial charge in [0.15, 0.2) is 5.78 Å². The summed E-state index contributed by atoms with van der Waals surface area (Å²) in [5.41, 5.74) is 0.737. The van der Waals surface area contributed by atoms with Gasteiger partial charge in [0.05, 0.1) is 12.0 Å². The summed E-state index contributed by atoms with van der Waals surface area (Å²) >= 11 is 0. The van der Waals surface area contributed by atoms with E-state index >= 15 is 0 Å². The van der Waals surface area contributed by atoms with Crippen LogP contribution in [-0.4, -0.2) is 11.4 Å². The maximum absolute atomic E-state index is 12.4. The first kappa shape index (κ1) is 12.7. The smallest absolute Gasteiger partial charge is 0.170 e. The second-order valence-corrected chi connectivity index (χ2v) is 7.24. The quantitative estimate of drug-likeness (QED) is 0.696. The average Bonchev–Trinajstić information content (AvgIpc) is 2.25. The van der Waals surface area contributed by atoms with Crippen molar-refractivity contribution in [1.82, 2.24) is 0 Å². The predicted octanol–water partition coefficient (Wildman–Crippen LogP) is 4.24. The van der Waals surface area contributed by atoms with Gasteiger partial charge < -0.3 is 4.74 Å². The molecule has 2 atom stereocenters. The van der Waals surface area contributed by atoms with Gasteiger partial charge in [-0.3, -0.25) is 4.79 Å². The molecule has 2 aliphatic rings. The molecular formula is C17H22O2. The van der Waals surface area contributed by atoms with Crippen LogP contribution in [0.3, 0.4) is 0 Å². The normalized spacial score (nSPS) is 32.8. The maximum atomic E-state index is 12.4. The fourth-order valence-electron chi connectivity index (χ4n) is 4.32. The summed E-state index contributed by atoms with van der Waals surface area (Å²) < 4.78 is 6.32. The Hall–Kier alpha value is -1.31. The van der Waals surface area contributed by atoms with E-state index in [1.807, 2.05) is 24.3 Å². The van der Waals surface area contributed by atoms with Crippen molar-refractivity contribution in [3.8, 4) is 5.75 Å². The molecule has 102 valence electrons. The lowest BCUT2D eigenvalue weighted by Gasteiger charge is -2.49. The van der Waals surface area contributed by atoms with Crippen molar-refractivity contribution < 1.29 is 9.53 Å². The highest BCUT2D eigenvalue weighted by atomic mass is 16.5. The maximum Gasteiger partial charge on any atom is 0.170 e. The molecule has 0 N–H and O–H groups in total. The number of carbonyl (C=O) groups excluding carboxylic acids is 1. The van der Waals surface area contributed by atoms with Crippen LogP contribution in [0.2, 0.25) is 0 Å². The van der Waals surface area contributed by atoms with Crippen LogP contribution >= 0.6 is 0 Å². The van der Waals surface area contributed by atoms with Crippen molar-refractivity contribution in [1.29, 1.82) is 0 Å². The summed E-state index contributed by atoms with van der Waals surface area (Å²) in [6, 6.07) is 7.66. The lowest BCUT2D eigenvalue weighted by atomic mass is 9.63. The fourth-order valence-corrected chi connectivity index (χ4v) is 4.32. The third-order valence-corrected chi connectivity index (χ3v) is 4.42. The van der Waals surface area contributed by atoms with Crippen LogP contribution in [0.4, 0.5) is 0 Å². The Morgan fingerprint density at radius 3 is 2.68 bits per heavy atom. The van der Waals surface area contributed by atoms with Crippen LogP contribution in [0.15, 0.2) is 24.3 Å². The second-order valence-electron chi connectivity index (χ2n) is 7.24. The molecule has 1 saturated carbocycles. The Kier molecular flexibility index (Phi) is 2.74. The van der Waals surface area contributed by atoms with Gasteiger partial charge in [-0.15, -0.1) is 0 Å². The Labute approximate surface area is 115 Å². The van der Waals surface area contributed by atoms with E-state index < -0.39 is 0 Å². The first-order chi connectivity index (χ1) is 8.89. The SMILES string of the molecule is CC1CC(C)(C)CC2(CC(=O)c3ccccc3O2)C1. The molecule has 1 fully saturated rings. The van der Waals surface area contributed by atoms with Crippen molar-refractivity contribution in [2.24, 2.45) is 11.3 Å². The van der Waals surface area contributed by atoms with Gasteiger partial charge in [-0.1, -0.05) is 32.9 Å². The molecule has 3 rings (SSSR count). The molecule has 1 aromatic rings. The van der Waals surface area contributed by atoms with Gasteiger partial charge in [0.2, 0.25) is 0 Å². The largest absolute Gasteiger partial charge is 0.486 e. The number of ketones is 1. The van der Waals surface area contributed by atoms with E-state index in [0.717, 1.165) is 24.2 Å². The van der Waals surface area contributed by atoms with Crippen molar-refractivity contribution in [2.45, 2.75) is 52.1 Å². The van der Waals surface area contributed by atoms with Crippen LogP contribution in [0.5, 0.6) is 5.75 Å². The molecule has 2 nitrogen and oxygen atoms in total. The third kappa shape index (κ3) is 2.29. The molecule has 1 aliphatic heterocycles. The molecule has 0 radical (unpaired) electrons. The highest BCUT2D eigenvalue weighted by Gasteiger charge is 2.48. The standard InChI is InChI=1S/C17H22O2/c1-12-8-16(2,3)11-17(9-12)10-14(18)13-6-4-5-7-15(13)19-17/h4-7,12H,8-11H2,1-3H3. The van der Waals surface area contributed by atoms with Gasteiger partial charge >= 0.3 is 0 Å². The van der Waals surface area contributed by atoms with Crippen LogP contribution in [0.25, 0.3) is 0 Å². The molecule has 0 saturated heterocycles. The molecule has 0 aromatic heterocycles. The van der Waals surface area contributed by atoms with Crippen molar-refractivity contribution in [3.63, 3.8) is 0 Å². The molecule has 0 amide bonds. The number of benzene rings is 1. The topological polar surface area (TPSA) is 26.3 Å². The monoisotopic (exact) mass is 258 g/mol. The van der Waals surface area contributed by atoms with Crippen molar-refractivity contribution in [2.75, 3.05) is 0 Å². The summed E-state index contributed by atoms with van der Waals surface area (Å²) in [5.74, 6) is 1.64. The van der Waals surface area contributed by atoms with E-state index in [-0.39, 0.29) is 16.8 Å². The van der Waals surface area contributed by atoms with Gasteiger partial charge in [-0.2, -0.15) is 0 Å². The summed E-state index contributed by atoms with van der Waals surface area (Å²) in [5, 5.41) is 0. The fraction of sp³-hybridized carbons (Fsp3) is 0.588. The van der Waals surface area contributed by atoms with E-state index in [2.05, 4.69) is 20.8 Å². The van der Waals surface area contributed by atoms with E-state index in [1.54, 1.807) is 0 Å². The summed E-state index contributed by atoms with van der Waals surface area (Å²) in [6.45, 7) is 6.86. The molecule has 0 bridgehead atoms. The molecule has 1 heterocycles. The lowest BCUT2D eigenvalue weighted by Crippen LogP contribution is -2.50. The van der Waals surface area contributed by atoms with Gasteiger partial charge in [0.1, 0.15) is 11.4 Å². The Balaban J connectivity index is 1.97. The number of hydrogen-bond acceptors (Lipinski definition) is 2. The molecule has 2 unspecified atom stereocenters. The van der Waals surface area contributed by atoms with E-state index in [0.29, 0.717) is 12.3 Å². The van der Waals surface area contributed by atoms with Crippen molar-refractivity contribution in [3.05, 3.63) is 29.8 Å². The first-order valence-electron chi connectivity index (χ1n) is 7.20. The zero-order chi connectivity index (χ0) is 13.7. The van der Waals surface area contributed by atoms with Crippen LogP contribution < -0.4 is 4.74 Å². The van der Waals surface area contributed by atoms with Crippen LogP contribution in [-0.2, 0) is 0 Å². The zero-order valence-electron chi connectivity index (χ0n) is 12.0. The van der Waals surface area contributed by atoms with Gasteiger partial charge in [0.25, 0.3) is 0 Å². The lowest BCUT2D eigenvalue weighted by molar-refractivity contribution is -0.0435. The summed E-state index contributed by atoms with van der Waals surface area (Å²) in [7, 11) is 0. The Morgan fingerprint density at radius 2 is 1.95 bits per heavy atom. The van der Waals surface area contributed by atoms with Gasteiger partial charge in [-0.25, -0.2) is 0 Å². The highest BCUT2D eigenvalue weighted by molar-refractivity contribution is 6.00. The predicted molar refractivity (Wildman–Crippen MR) is 75.5 cm³/mol. The third-order valence-electron chi connectivity index (χ3n) is 4.42. The minimum absolute atomic E-state index is 0.242. The van der Waals surface area contributed by atoms with E-state index in [4.69, 9.17) is 4.74 Å². The summed E-state index contributed by atoms with van der Waals surface area (Å²) in [6.07, 6.45) is 3.73. The van der Waals surface area contributed by atoms with E-state index in [1.165, 1.54) is 6.42 Å². The molecular weight excluding hydrogens is 236 g/mol. The Bertz CT molecular complexity index is 518. The van der Waals surface area contributed by atoms with Crippen LogP contribution in [0.1, 0.15) is 56.8 Å². The Morgan fingerprint density at radius 1 is 1.21 bits per heavy atom. The average molecular weight is 258 g/mol. The number of para-hydroxylation sites is 1. The number of Topliss-reactive ketones (excluding diaryl/α,β-unsaturated/α-hetero) is 1. The van der Waals surface area contributed by atoms with Crippen molar-refractivity contribution >= 4 is 5.78 Å². The number of ether oxygens (including phenoxy) is 1. The minimum atomic E-state index is -0.271. The molecule has 1 aliphatic carbocycles. The number of rotatable bonds is 0. The van der Waals surface area contributed by atoms with Gasteiger partial charge in [-0.05, 0) is 42.7 Å². The molecule has 19 heavy (non-hydrogen) atoms. The molecule has 1 spiro atoms. The first-order valence-corrected chi connectivity index (χ1v) is 7.20. The zero-order valence-corrected chi connectivity index (χ0v) is 12.0. The minimum Gasteiger partial charge on any atom is -0.486 e. The van der Waals surface area contributed by atoms with Gasteiger partial charge in [0, 0.05) is 0 Å². The van der Waals surface area contributed by atoms with Crippen LogP contribution in [0, 0.1) is 11.3 Å². The molecule has 2 heteroatoms. The second kappa shape index (κ2) is 4.09. The van der Waals surface area contributed by atoms with E-state index in [9.17, 15) is 4.79 Å². The number of carbonyl (C=O) groups is 1. The number of hydrogen-bond donors (Lipinski definition) is 0. The molecule has 1 aromatic carbocycles.